The van der Waals surface area contributed by atoms with Crippen LogP contribution in [-0.4, -0.2) is 65.6 Å². The molecule has 2 aliphatic heterocycles. The average Bonchev–Trinajstić information content (AvgIpc) is 2.48. The molecule has 1 amide bonds. The van der Waals surface area contributed by atoms with Crippen molar-refractivity contribution in [1.29, 1.82) is 0 Å². The van der Waals surface area contributed by atoms with E-state index in [2.05, 4.69) is 11.8 Å². The molecule has 0 spiro atoms. The maximum absolute atomic E-state index is 13.9. The zero-order valence-electron chi connectivity index (χ0n) is 11.8. The molecular formula is C14H20FNO5. The second kappa shape index (κ2) is 7.07. The van der Waals surface area contributed by atoms with Crippen LogP contribution in [0.3, 0.4) is 0 Å². The Morgan fingerprint density at radius 3 is 2.95 bits per heavy atom. The molecule has 118 valence electrons. The number of hydrogen-bond donors (Lipinski definition) is 2. The van der Waals surface area contributed by atoms with Crippen LogP contribution in [0, 0.1) is 11.8 Å². The second-order valence-corrected chi connectivity index (χ2v) is 5.28. The van der Waals surface area contributed by atoms with Gasteiger partial charge in [-0.25, -0.2) is 9.18 Å². The molecule has 3 unspecified atom stereocenters. The summed E-state index contributed by atoms with van der Waals surface area (Å²) in [7, 11) is 0. The molecule has 2 fully saturated rings. The van der Waals surface area contributed by atoms with E-state index < -0.39 is 17.9 Å². The van der Waals surface area contributed by atoms with E-state index in [1.807, 2.05) is 0 Å². The van der Waals surface area contributed by atoms with Gasteiger partial charge < -0.3 is 24.6 Å². The lowest BCUT2D eigenvalue weighted by Gasteiger charge is -2.36. The van der Waals surface area contributed by atoms with Crippen LogP contribution in [0.5, 0.6) is 0 Å². The van der Waals surface area contributed by atoms with Crippen molar-refractivity contribution in [2.45, 2.75) is 43.7 Å². The fourth-order valence-electron chi connectivity index (χ4n) is 2.38. The van der Waals surface area contributed by atoms with Gasteiger partial charge in [-0.05, 0) is 19.3 Å². The molecule has 6 nitrogen and oxygen atoms in total. The fourth-order valence-corrected chi connectivity index (χ4v) is 2.38. The first kappa shape index (κ1) is 16.0. The van der Waals surface area contributed by atoms with E-state index in [0.717, 1.165) is 24.2 Å². The van der Waals surface area contributed by atoms with Gasteiger partial charge in [0, 0.05) is 19.6 Å². The molecule has 3 atom stereocenters. The minimum Gasteiger partial charge on any atom is -0.465 e. The number of carbonyl (C=O) groups is 1. The Morgan fingerprint density at radius 2 is 2.33 bits per heavy atom. The predicted molar refractivity (Wildman–Crippen MR) is 71.4 cm³/mol. The summed E-state index contributed by atoms with van der Waals surface area (Å²) >= 11 is 0. The summed E-state index contributed by atoms with van der Waals surface area (Å²) in [6.07, 6.45) is -0.364. The van der Waals surface area contributed by atoms with Crippen LogP contribution in [-0.2, 0) is 9.47 Å². The van der Waals surface area contributed by atoms with Gasteiger partial charge in [0.1, 0.15) is 6.61 Å². The van der Waals surface area contributed by atoms with E-state index in [1.54, 1.807) is 0 Å². The number of likely N-dealkylation sites (tertiary alicyclic amines) is 1. The van der Waals surface area contributed by atoms with E-state index in [4.69, 9.17) is 14.6 Å². The van der Waals surface area contributed by atoms with Crippen LogP contribution in [0.15, 0.2) is 0 Å². The van der Waals surface area contributed by atoms with Crippen molar-refractivity contribution in [1.82, 2.24) is 4.90 Å². The number of carboxylic acid groups (broad SMARTS) is 1. The zero-order valence-corrected chi connectivity index (χ0v) is 11.8. The monoisotopic (exact) mass is 301 g/mol. The molecule has 0 aromatic rings. The standard InChI is InChI=1S/C14H20FNO5/c15-11-10-16(13(17)18)7-6-14(11,19)5-3-9-21-12-4-1-2-8-20-12/h11-12,19H,1-2,4,6-10H2,(H,17,18). The van der Waals surface area contributed by atoms with E-state index >= 15 is 0 Å². The molecule has 0 radical (unpaired) electrons. The van der Waals surface area contributed by atoms with Crippen molar-refractivity contribution in [3.63, 3.8) is 0 Å². The van der Waals surface area contributed by atoms with E-state index in [1.165, 1.54) is 0 Å². The number of nitrogens with zero attached hydrogens (tertiary/aromatic N) is 1. The summed E-state index contributed by atoms with van der Waals surface area (Å²) in [4.78, 5) is 11.7. The SMILES string of the molecule is O=C(O)N1CCC(O)(C#CCOC2CCCCO2)C(F)C1. The predicted octanol–water partition coefficient (Wildman–Crippen LogP) is 0.986. The smallest absolute Gasteiger partial charge is 0.407 e. The van der Waals surface area contributed by atoms with Gasteiger partial charge >= 0.3 is 6.09 Å². The largest absolute Gasteiger partial charge is 0.465 e. The number of amides is 1. The van der Waals surface area contributed by atoms with Crippen molar-refractivity contribution in [2.24, 2.45) is 0 Å². The molecule has 0 saturated carbocycles. The van der Waals surface area contributed by atoms with Crippen molar-refractivity contribution < 1.29 is 28.9 Å². The van der Waals surface area contributed by atoms with Crippen LogP contribution < -0.4 is 0 Å². The molecule has 0 aromatic carbocycles. The van der Waals surface area contributed by atoms with Crippen molar-refractivity contribution in [2.75, 3.05) is 26.3 Å². The normalized spacial score (nSPS) is 33.1. The summed E-state index contributed by atoms with van der Waals surface area (Å²) in [6, 6.07) is 0. The zero-order chi connectivity index (χ0) is 15.3. The van der Waals surface area contributed by atoms with Gasteiger partial charge in [0.25, 0.3) is 0 Å². The van der Waals surface area contributed by atoms with Crippen LogP contribution in [0.1, 0.15) is 25.7 Å². The summed E-state index contributed by atoms with van der Waals surface area (Å²) in [5.41, 5.74) is -1.80. The van der Waals surface area contributed by atoms with Gasteiger partial charge in [0.15, 0.2) is 18.1 Å². The molecule has 2 saturated heterocycles. The maximum Gasteiger partial charge on any atom is 0.407 e. The summed E-state index contributed by atoms with van der Waals surface area (Å²) in [5.74, 6) is 5.09. The van der Waals surface area contributed by atoms with Crippen LogP contribution in [0.25, 0.3) is 0 Å². The third-order valence-electron chi connectivity index (χ3n) is 3.72. The lowest BCUT2D eigenvalue weighted by atomic mass is 9.90. The minimum absolute atomic E-state index is 0.0482. The Labute approximate surface area is 122 Å². The molecule has 0 aromatic heterocycles. The van der Waals surface area contributed by atoms with Gasteiger partial charge in [-0.15, -0.1) is 0 Å². The second-order valence-electron chi connectivity index (χ2n) is 5.28. The molecule has 2 N–H and O–H groups in total. The minimum atomic E-state index is -1.80. The van der Waals surface area contributed by atoms with Gasteiger partial charge in [-0.1, -0.05) is 11.8 Å². The van der Waals surface area contributed by atoms with Gasteiger partial charge in [-0.3, -0.25) is 0 Å². The lowest BCUT2D eigenvalue weighted by molar-refractivity contribution is -0.154. The topological polar surface area (TPSA) is 79.2 Å². The molecule has 21 heavy (non-hydrogen) atoms. The number of rotatable bonds is 2. The number of hydrogen-bond acceptors (Lipinski definition) is 4. The number of aliphatic hydroxyl groups is 1. The van der Waals surface area contributed by atoms with E-state index in [9.17, 15) is 14.3 Å². The Bertz CT molecular complexity index is 429. The Morgan fingerprint density at radius 1 is 1.52 bits per heavy atom. The van der Waals surface area contributed by atoms with E-state index in [0.29, 0.717) is 6.61 Å². The molecule has 7 heteroatoms. The Kier molecular flexibility index (Phi) is 5.39. The van der Waals surface area contributed by atoms with E-state index in [-0.39, 0.29) is 32.4 Å². The Balaban J connectivity index is 1.81. The highest BCUT2D eigenvalue weighted by atomic mass is 19.1. The number of halogens is 1. The third kappa shape index (κ3) is 4.30. The van der Waals surface area contributed by atoms with Crippen LogP contribution >= 0.6 is 0 Å². The highest BCUT2D eigenvalue weighted by Gasteiger charge is 2.42. The lowest BCUT2D eigenvalue weighted by Crippen LogP contribution is -2.54. The Hall–Kier alpha value is -1.36. The molecule has 2 heterocycles. The van der Waals surface area contributed by atoms with Crippen molar-refractivity contribution in [3.05, 3.63) is 0 Å². The van der Waals surface area contributed by atoms with Gasteiger partial charge in [-0.2, -0.15) is 0 Å². The number of ether oxygens (including phenoxy) is 2. The summed E-state index contributed by atoms with van der Waals surface area (Å²) in [6.45, 7) is 0.419. The molecular weight excluding hydrogens is 281 g/mol. The highest BCUT2D eigenvalue weighted by molar-refractivity contribution is 5.65. The van der Waals surface area contributed by atoms with Gasteiger partial charge in [0.05, 0.1) is 6.54 Å². The molecule has 0 aliphatic carbocycles. The van der Waals surface area contributed by atoms with Crippen LogP contribution in [0.4, 0.5) is 9.18 Å². The summed E-state index contributed by atoms with van der Waals surface area (Å²) < 4.78 is 24.6. The quantitative estimate of drug-likeness (QED) is 0.744. The van der Waals surface area contributed by atoms with Crippen molar-refractivity contribution >= 4 is 6.09 Å². The summed E-state index contributed by atoms with van der Waals surface area (Å²) in [5, 5.41) is 18.9. The third-order valence-corrected chi connectivity index (χ3v) is 3.72. The number of alkyl halides is 1. The fraction of sp³-hybridized carbons (Fsp3) is 0.786. The molecule has 0 bridgehead atoms. The van der Waals surface area contributed by atoms with Crippen molar-refractivity contribution in [3.8, 4) is 11.8 Å². The molecule has 2 rings (SSSR count). The first-order chi connectivity index (χ1) is 10.0. The average molecular weight is 301 g/mol. The molecule has 2 aliphatic rings. The first-order valence-corrected chi connectivity index (χ1v) is 7.09. The number of piperidine rings is 1. The van der Waals surface area contributed by atoms with Gasteiger partial charge in [0.2, 0.25) is 0 Å². The maximum atomic E-state index is 13.9. The first-order valence-electron chi connectivity index (χ1n) is 7.09. The van der Waals surface area contributed by atoms with Crippen LogP contribution in [0.2, 0.25) is 0 Å². The highest BCUT2D eigenvalue weighted by Crippen LogP contribution is 2.24.